The summed E-state index contributed by atoms with van der Waals surface area (Å²) < 4.78 is 5.54. The van der Waals surface area contributed by atoms with Crippen molar-refractivity contribution in [2.75, 3.05) is 13.2 Å². The number of nitrogens with one attached hydrogen (secondary N) is 1. The summed E-state index contributed by atoms with van der Waals surface area (Å²) in [6.45, 7) is 3.79. The number of nitrogens with two attached hydrogens (primary N) is 1. The predicted molar refractivity (Wildman–Crippen MR) is 74.1 cm³/mol. The third kappa shape index (κ3) is 3.55. The first kappa shape index (κ1) is 13.5. The molecule has 1 saturated carbocycles. The van der Waals surface area contributed by atoms with E-state index in [1.807, 2.05) is 0 Å². The highest BCUT2D eigenvalue weighted by Crippen LogP contribution is 2.49. The van der Waals surface area contributed by atoms with Gasteiger partial charge in [-0.3, -0.25) is 11.3 Å². The average Bonchev–Trinajstić information content (AvgIpc) is 3.20. The lowest BCUT2D eigenvalue weighted by Crippen LogP contribution is -2.38. The van der Waals surface area contributed by atoms with E-state index in [0.717, 1.165) is 26.1 Å². The van der Waals surface area contributed by atoms with Crippen molar-refractivity contribution in [1.29, 1.82) is 0 Å². The van der Waals surface area contributed by atoms with Crippen molar-refractivity contribution in [3.63, 3.8) is 0 Å². The van der Waals surface area contributed by atoms with E-state index in [2.05, 4.69) is 42.7 Å². The molecular formula is C15H24N2O. The number of ether oxygens (including phenoxy) is 1. The van der Waals surface area contributed by atoms with Crippen LogP contribution in [0.1, 0.15) is 37.7 Å². The summed E-state index contributed by atoms with van der Waals surface area (Å²) in [4.78, 5) is 0. The fourth-order valence-corrected chi connectivity index (χ4v) is 2.62. The van der Waals surface area contributed by atoms with Crippen LogP contribution in [0.15, 0.2) is 30.3 Å². The van der Waals surface area contributed by atoms with Gasteiger partial charge in [0.05, 0.1) is 0 Å². The first-order valence-corrected chi connectivity index (χ1v) is 6.95. The summed E-state index contributed by atoms with van der Waals surface area (Å²) in [5.74, 6) is 7.01. The topological polar surface area (TPSA) is 47.3 Å². The lowest BCUT2D eigenvalue weighted by molar-refractivity contribution is 0.122. The molecule has 1 fully saturated rings. The molecule has 1 aromatic carbocycles. The molecule has 0 saturated heterocycles. The van der Waals surface area contributed by atoms with Crippen LogP contribution in [0.2, 0.25) is 0 Å². The second kappa shape index (κ2) is 6.88. The van der Waals surface area contributed by atoms with E-state index >= 15 is 0 Å². The normalized spacial score (nSPS) is 23.9. The smallest absolute Gasteiger partial charge is 0.0481 e. The van der Waals surface area contributed by atoms with E-state index in [1.165, 1.54) is 12.0 Å². The van der Waals surface area contributed by atoms with Gasteiger partial charge in [0.1, 0.15) is 0 Å². The zero-order valence-electron chi connectivity index (χ0n) is 11.1. The highest BCUT2D eigenvalue weighted by Gasteiger charge is 2.43. The molecule has 0 bridgehead atoms. The van der Waals surface area contributed by atoms with Crippen LogP contribution < -0.4 is 11.3 Å². The lowest BCUT2D eigenvalue weighted by atomic mass is 10.0. The molecule has 1 aliphatic rings. The van der Waals surface area contributed by atoms with Gasteiger partial charge in [-0.2, -0.15) is 0 Å². The van der Waals surface area contributed by atoms with Gasteiger partial charge in [0.25, 0.3) is 0 Å². The van der Waals surface area contributed by atoms with E-state index in [-0.39, 0.29) is 0 Å². The average molecular weight is 248 g/mol. The third-order valence-electron chi connectivity index (χ3n) is 3.72. The second-order valence-electron chi connectivity index (χ2n) is 5.09. The fourth-order valence-electron chi connectivity index (χ4n) is 2.62. The van der Waals surface area contributed by atoms with Gasteiger partial charge in [0.15, 0.2) is 0 Å². The maximum atomic E-state index is 5.66. The van der Waals surface area contributed by atoms with Crippen LogP contribution in [-0.2, 0) is 4.74 Å². The molecule has 100 valence electrons. The van der Waals surface area contributed by atoms with Crippen LogP contribution in [0.3, 0.4) is 0 Å². The largest absolute Gasteiger partial charge is 0.381 e. The highest BCUT2D eigenvalue weighted by atomic mass is 16.5. The van der Waals surface area contributed by atoms with Crippen molar-refractivity contribution in [3.8, 4) is 0 Å². The molecule has 18 heavy (non-hydrogen) atoms. The van der Waals surface area contributed by atoms with Gasteiger partial charge in [-0.25, -0.2) is 0 Å². The van der Waals surface area contributed by atoms with Gasteiger partial charge in [0, 0.05) is 19.3 Å². The Morgan fingerprint density at radius 1 is 1.33 bits per heavy atom. The fraction of sp³-hybridized carbons (Fsp3) is 0.600. The molecular weight excluding hydrogens is 224 g/mol. The molecule has 3 nitrogen and oxygen atoms in total. The lowest BCUT2D eigenvalue weighted by Gasteiger charge is -2.16. The first-order valence-electron chi connectivity index (χ1n) is 6.95. The Kier molecular flexibility index (Phi) is 5.17. The van der Waals surface area contributed by atoms with Crippen molar-refractivity contribution in [1.82, 2.24) is 5.43 Å². The van der Waals surface area contributed by atoms with Gasteiger partial charge < -0.3 is 4.74 Å². The van der Waals surface area contributed by atoms with Gasteiger partial charge in [-0.05, 0) is 36.7 Å². The van der Waals surface area contributed by atoms with Crippen molar-refractivity contribution < 1.29 is 4.74 Å². The monoisotopic (exact) mass is 248 g/mol. The second-order valence-corrected chi connectivity index (χ2v) is 5.09. The summed E-state index contributed by atoms with van der Waals surface area (Å²) >= 11 is 0. The van der Waals surface area contributed by atoms with Gasteiger partial charge in [-0.1, -0.05) is 37.3 Å². The Bertz CT molecular complexity index is 342. The predicted octanol–water partition coefficient (Wildman–Crippen LogP) is 2.44. The molecule has 2 rings (SSSR count). The SMILES string of the molecule is CCCOCCC(NN)C1CC1c1ccccc1. The molecule has 1 aliphatic carbocycles. The van der Waals surface area contributed by atoms with Crippen LogP contribution >= 0.6 is 0 Å². The van der Waals surface area contributed by atoms with E-state index in [0.29, 0.717) is 17.9 Å². The molecule has 0 aliphatic heterocycles. The van der Waals surface area contributed by atoms with Crippen molar-refractivity contribution >= 4 is 0 Å². The first-order chi connectivity index (χ1) is 8.86. The van der Waals surface area contributed by atoms with E-state index in [4.69, 9.17) is 10.6 Å². The van der Waals surface area contributed by atoms with Crippen LogP contribution in [0.25, 0.3) is 0 Å². The standard InChI is InChI=1S/C15H24N2O/c1-2-9-18-10-8-15(17-16)14-11-13(14)12-6-4-3-5-7-12/h3-7,13-15,17H,2,8-11,16H2,1H3. The summed E-state index contributed by atoms with van der Waals surface area (Å²) in [6, 6.07) is 11.1. The van der Waals surface area contributed by atoms with Gasteiger partial charge >= 0.3 is 0 Å². The van der Waals surface area contributed by atoms with Gasteiger partial charge in [0.2, 0.25) is 0 Å². The molecule has 3 N–H and O–H groups in total. The van der Waals surface area contributed by atoms with Crippen molar-refractivity contribution in [2.24, 2.45) is 11.8 Å². The van der Waals surface area contributed by atoms with E-state index < -0.39 is 0 Å². The van der Waals surface area contributed by atoms with Crippen molar-refractivity contribution in [2.45, 2.75) is 38.1 Å². The van der Waals surface area contributed by atoms with Gasteiger partial charge in [-0.15, -0.1) is 0 Å². The number of hydrogen-bond donors (Lipinski definition) is 2. The molecule has 1 aromatic rings. The van der Waals surface area contributed by atoms with Crippen LogP contribution in [0.5, 0.6) is 0 Å². The molecule has 0 spiro atoms. The molecule has 0 radical (unpaired) electrons. The zero-order chi connectivity index (χ0) is 12.8. The Balaban J connectivity index is 1.77. The van der Waals surface area contributed by atoms with E-state index in [1.54, 1.807) is 0 Å². The number of hydrogen-bond acceptors (Lipinski definition) is 3. The van der Waals surface area contributed by atoms with Crippen LogP contribution in [0.4, 0.5) is 0 Å². The Labute approximate surface area is 110 Å². The van der Waals surface area contributed by atoms with Crippen molar-refractivity contribution in [3.05, 3.63) is 35.9 Å². The van der Waals surface area contributed by atoms with E-state index in [9.17, 15) is 0 Å². The minimum Gasteiger partial charge on any atom is -0.381 e. The molecule has 0 amide bonds. The maximum absolute atomic E-state index is 5.66. The highest BCUT2D eigenvalue weighted by molar-refractivity contribution is 5.26. The minimum atomic E-state index is 0.382. The number of rotatable bonds is 8. The number of hydrazine groups is 1. The number of benzene rings is 1. The molecule has 0 aromatic heterocycles. The quantitative estimate of drug-likeness (QED) is 0.422. The summed E-state index contributed by atoms with van der Waals surface area (Å²) in [7, 11) is 0. The Morgan fingerprint density at radius 2 is 2.11 bits per heavy atom. The maximum Gasteiger partial charge on any atom is 0.0481 e. The van der Waals surface area contributed by atoms with Crippen LogP contribution in [-0.4, -0.2) is 19.3 Å². The Hall–Kier alpha value is -0.900. The summed E-state index contributed by atoms with van der Waals surface area (Å²) in [6.07, 6.45) is 3.33. The molecule has 0 heterocycles. The zero-order valence-corrected chi connectivity index (χ0v) is 11.1. The molecule has 3 unspecified atom stereocenters. The molecule has 3 atom stereocenters. The summed E-state index contributed by atoms with van der Waals surface area (Å²) in [5, 5.41) is 0. The minimum absolute atomic E-state index is 0.382. The molecule has 3 heteroatoms. The summed E-state index contributed by atoms with van der Waals surface area (Å²) in [5.41, 5.74) is 4.40. The van der Waals surface area contributed by atoms with Crippen LogP contribution in [0, 0.1) is 5.92 Å². The Morgan fingerprint density at radius 3 is 2.78 bits per heavy atom. The third-order valence-corrected chi connectivity index (χ3v) is 3.72.